The van der Waals surface area contributed by atoms with E-state index in [9.17, 15) is 13.2 Å². The zero-order valence-electron chi connectivity index (χ0n) is 21.5. The number of piperazine rings is 1. The first-order valence-corrected chi connectivity index (χ1v) is 14.8. The van der Waals surface area contributed by atoms with Crippen molar-refractivity contribution in [3.8, 4) is 11.5 Å². The number of guanidine groups is 1. The Balaban J connectivity index is 1.37. The van der Waals surface area contributed by atoms with Gasteiger partial charge in [-0.3, -0.25) is 9.69 Å². The molecule has 10 nitrogen and oxygen atoms in total. The smallest absolute Gasteiger partial charge is 0.280 e. The van der Waals surface area contributed by atoms with Gasteiger partial charge in [-0.2, -0.15) is 4.99 Å². The Morgan fingerprint density at radius 1 is 0.974 bits per heavy atom. The van der Waals surface area contributed by atoms with Gasteiger partial charge in [-0.15, -0.1) is 0 Å². The molecule has 0 aromatic heterocycles. The lowest BCUT2D eigenvalue weighted by molar-refractivity contribution is 0.100. The first-order chi connectivity index (χ1) is 18.1. The molecule has 0 unspecified atom stereocenters. The molecule has 0 aliphatic carbocycles. The number of fused-ring (bicyclic) bond motifs is 2. The molecule has 204 valence electrons. The summed E-state index contributed by atoms with van der Waals surface area (Å²) in [6.07, 6.45) is 2.60. The average molecular weight is 561 g/mol. The van der Waals surface area contributed by atoms with Crippen LogP contribution in [0.2, 0.25) is 5.02 Å². The molecule has 0 bridgehead atoms. The highest BCUT2D eigenvalue weighted by Crippen LogP contribution is 2.45. The Morgan fingerprint density at radius 2 is 1.63 bits per heavy atom. The highest BCUT2D eigenvalue weighted by atomic mass is 35.5. The average Bonchev–Trinajstić information content (AvgIpc) is 3.34. The summed E-state index contributed by atoms with van der Waals surface area (Å²) >= 11 is 6.68. The molecule has 3 aliphatic rings. The summed E-state index contributed by atoms with van der Waals surface area (Å²) in [6, 6.07) is 6.45. The SMILES string of the molecule is Cc1cc(C(=O)N=C(N)N)cc2c1Oc1c(Cl)cc(N3CCN(CCN4CCCC4)CC3)cc1CS2(=O)=O. The number of nitrogens with zero attached hydrogens (tertiary/aromatic N) is 4. The monoisotopic (exact) mass is 560 g/mol. The standard InChI is InChI=1S/C26H33ClN6O4S/c1-17-12-18(25(34)30-26(28)29)14-22-23(17)37-24-19(16-38(22,35)36)13-20(15-21(24)27)33-10-8-32(9-11-33)7-6-31-4-2-3-5-31/h12-15H,2-11,16H2,1H3,(H4,28,29,30,34). The normalized spacial score (nSPS) is 19.3. The number of aryl methyl sites for hydroxylation is 1. The van der Waals surface area contributed by atoms with E-state index < -0.39 is 21.7 Å². The molecule has 2 aromatic rings. The van der Waals surface area contributed by atoms with Gasteiger partial charge in [-0.1, -0.05) is 11.6 Å². The molecular formula is C26H33ClN6O4S. The third kappa shape index (κ3) is 5.61. The number of hydrogen-bond acceptors (Lipinski definition) is 7. The van der Waals surface area contributed by atoms with Crippen LogP contribution >= 0.6 is 11.6 Å². The fraction of sp³-hybridized carbons (Fsp3) is 0.462. The van der Waals surface area contributed by atoms with Crippen molar-refractivity contribution in [1.29, 1.82) is 0 Å². The van der Waals surface area contributed by atoms with Crippen molar-refractivity contribution in [3.63, 3.8) is 0 Å². The van der Waals surface area contributed by atoms with Crippen molar-refractivity contribution >= 4 is 39.0 Å². The Bertz CT molecular complexity index is 1380. The Hall–Kier alpha value is -2.86. The summed E-state index contributed by atoms with van der Waals surface area (Å²) in [5, 5.41) is 0.345. The van der Waals surface area contributed by atoms with Crippen LogP contribution in [0.3, 0.4) is 0 Å². The number of aliphatic imine (C=N–C) groups is 1. The van der Waals surface area contributed by atoms with E-state index in [1.807, 2.05) is 12.1 Å². The number of amides is 1. The maximum atomic E-state index is 13.5. The van der Waals surface area contributed by atoms with Gasteiger partial charge < -0.3 is 26.0 Å². The first-order valence-electron chi connectivity index (χ1n) is 12.8. The van der Waals surface area contributed by atoms with Gasteiger partial charge in [-0.25, -0.2) is 8.42 Å². The van der Waals surface area contributed by atoms with Gasteiger partial charge in [0.15, 0.2) is 15.8 Å². The zero-order chi connectivity index (χ0) is 27.0. The fourth-order valence-corrected chi connectivity index (χ4v) is 7.19. The molecule has 12 heteroatoms. The number of hydrogen-bond donors (Lipinski definition) is 2. The lowest BCUT2D eigenvalue weighted by Crippen LogP contribution is -2.48. The van der Waals surface area contributed by atoms with E-state index in [4.69, 9.17) is 27.8 Å². The lowest BCUT2D eigenvalue weighted by atomic mass is 10.1. The van der Waals surface area contributed by atoms with Gasteiger partial charge in [0.2, 0.25) is 0 Å². The summed E-state index contributed by atoms with van der Waals surface area (Å²) in [6.45, 7) is 9.79. The molecule has 2 saturated heterocycles. The molecule has 4 N–H and O–H groups in total. The number of likely N-dealkylation sites (tertiary alicyclic amines) is 1. The van der Waals surface area contributed by atoms with Gasteiger partial charge in [0.05, 0.1) is 10.8 Å². The van der Waals surface area contributed by atoms with E-state index in [-0.39, 0.29) is 22.0 Å². The largest absolute Gasteiger partial charge is 0.454 e. The Kier molecular flexibility index (Phi) is 7.54. The molecule has 2 fully saturated rings. The number of rotatable bonds is 5. The number of carbonyl (C=O) groups is 1. The third-order valence-electron chi connectivity index (χ3n) is 7.38. The van der Waals surface area contributed by atoms with Crippen molar-refractivity contribution in [2.24, 2.45) is 16.5 Å². The predicted molar refractivity (Wildman–Crippen MR) is 148 cm³/mol. The van der Waals surface area contributed by atoms with Gasteiger partial charge in [-0.05, 0) is 62.7 Å². The van der Waals surface area contributed by atoms with Gasteiger partial charge >= 0.3 is 0 Å². The lowest BCUT2D eigenvalue weighted by Gasteiger charge is -2.37. The summed E-state index contributed by atoms with van der Waals surface area (Å²) in [5.74, 6) is -0.980. The minimum absolute atomic E-state index is 0.0576. The summed E-state index contributed by atoms with van der Waals surface area (Å²) in [5.41, 5.74) is 12.5. The second-order valence-electron chi connectivity index (χ2n) is 10.1. The van der Waals surface area contributed by atoms with Crippen molar-refractivity contribution in [2.75, 3.05) is 57.3 Å². The van der Waals surface area contributed by atoms with Crippen LogP contribution in [-0.4, -0.2) is 82.4 Å². The minimum atomic E-state index is -3.87. The summed E-state index contributed by atoms with van der Waals surface area (Å²) in [4.78, 5) is 23.1. The number of carbonyl (C=O) groups excluding carboxylic acids is 1. The molecule has 0 spiro atoms. The topological polar surface area (TPSA) is 135 Å². The molecule has 0 atom stereocenters. The van der Waals surface area contributed by atoms with Crippen LogP contribution in [0.5, 0.6) is 11.5 Å². The van der Waals surface area contributed by atoms with Crippen molar-refractivity contribution < 1.29 is 17.9 Å². The molecule has 0 saturated carbocycles. The van der Waals surface area contributed by atoms with Crippen molar-refractivity contribution in [2.45, 2.75) is 30.4 Å². The molecule has 38 heavy (non-hydrogen) atoms. The maximum Gasteiger partial charge on any atom is 0.280 e. The van der Waals surface area contributed by atoms with E-state index in [1.165, 1.54) is 38.1 Å². The van der Waals surface area contributed by atoms with E-state index in [2.05, 4.69) is 19.7 Å². The van der Waals surface area contributed by atoms with Crippen LogP contribution in [0.15, 0.2) is 34.2 Å². The molecule has 3 aliphatic heterocycles. The summed E-state index contributed by atoms with van der Waals surface area (Å²) < 4.78 is 33.1. The third-order valence-corrected chi connectivity index (χ3v) is 9.32. The summed E-state index contributed by atoms with van der Waals surface area (Å²) in [7, 11) is -3.87. The van der Waals surface area contributed by atoms with Crippen molar-refractivity contribution in [3.05, 3.63) is 46.0 Å². The second kappa shape index (κ2) is 10.7. The second-order valence-corrected chi connectivity index (χ2v) is 12.5. The number of anilines is 1. The van der Waals surface area contributed by atoms with Crippen LogP contribution in [-0.2, 0) is 15.6 Å². The van der Waals surface area contributed by atoms with E-state index in [1.54, 1.807) is 6.92 Å². The number of sulfone groups is 1. The van der Waals surface area contributed by atoms with Crippen LogP contribution in [0.4, 0.5) is 5.69 Å². The number of halogens is 1. The van der Waals surface area contributed by atoms with Crippen LogP contribution < -0.4 is 21.1 Å². The number of nitrogens with two attached hydrogens (primary N) is 2. The Morgan fingerprint density at radius 3 is 2.29 bits per heavy atom. The quantitative estimate of drug-likeness (QED) is 0.417. The van der Waals surface area contributed by atoms with Gasteiger partial charge in [0, 0.05) is 56.1 Å². The fourth-order valence-electron chi connectivity index (χ4n) is 5.35. The van der Waals surface area contributed by atoms with Gasteiger partial charge in [0.25, 0.3) is 5.91 Å². The highest BCUT2D eigenvalue weighted by molar-refractivity contribution is 7.90. The van der Waals surface area contributed by atoms with Crippen molar-refractivity contribution in [1.82, 2.24) is 9.80 Å². The van der Waals surface area contributed by atoms with Crippen LogP contribution in [0.25, 0.3) is 0 Å². The number of ether oxygens (including phenoxy) is 1. The zero-order valence-corrected chi connectivity index (χ0v) is 23.0. The minimum Gasteiger partial charge on any atom is -0.454 e. The maximum absolute atomic E-state index is 13.5. The molecule has 1 amide bonds. The van der Waals surface area contributed by atoms with Gasteiger partial charge in [0.1, 0.15) is 16.4 Å². The molecule has 5 rings (SSSR count). The highest BCUT2D eigenvalue weighted by Gasteiger charge is 2.32. The number of benzene rings is 2. The molecule has 0 radical (unpaired) electrons. The molecule has 3 heterocycles. The first kappa shape index (κ1) is 26.7. The molecular weight excluding hydrogens is 528 g/mol. The molecule has 2 aromatic carbocycles. The van der Waals surface area contributed by atoms with E-state index >= 15 is 0 Å². The Labute approximate surface area is 228 Å². The van der Waals surface area contributed by atoms with E-state index in [0.717, 1.165) is 45.0 Å². The predicted octanol–water partition coefficient (Wildman–Crippen LogP) is 2.36. The van der Waals surface area contributed by atoms with Crippen LogP contribution in [0.1, 0.15) is 34.3 Å². The van der Waals surface area contributed by atoms with Crippen LogP contribution in [0, 0.1) is 6.92 Å². The van der Waals surface area contributed by atoms with E-state index in [0.29, 0.717) is 21.9 Å².